The molecule has 1 aliphatic rings. The summed E-state index contributed by atoms with van der Waals surface area (Å²) in [5.41, 5.74) is 0.738. The topological polar surface area (TPSA) is 49.2 Å². The molecule has 1 saturated heterocycles. The summed E-state index contributed by atoms with van der Waals surface area (Å²) in [6.45, 7) is 1.36. The Balaban J connectivity index is 1.95. The summed E-state index contributed by atoms with van der Waals surface area (Å²) in [6, 6.07) is 5.72. The molecule has 0 aliphatic carbocycles. The first-order valence-electron chi connectivity index (χ1n) is 4.57. The van der Waals surface area contributed by atoms with Crippen LogP contribution in [0.2, 0.25) is 0 Å². The standard InChI is InChI=1S/C9H11FN2O2S/c10-9-3-1-8(2-4-9)7-11-15(13,14)12-5-6-12/h1-4,11H,5-7H2. The molecule has 0 radical (unpaired) electrons. The molecule has 1 aliphatic heterocycles. The lowest BCUT2D eigenvalue weighted by Crippen LogP contribution is -2.29. The van der Waals surface area contributed by atoms with Crippen molar-refractivity contribution in [1.82, 2.24) is 9.03 Å². The number of nitrogens with zero attached hydrogens (tertiary/aromatic N) is 1. The first-order chi connectivity index (χ1) is 7.08. The van der Waals surface area contributed by atoms with Crippen LogP contribution in [-0.4, -0.2) is 25.8 Å². The molecule has 0 saturated carbocycles. The van der Waals surface area contributed by atoms with E-state index in [1.54, 1.807) is 12.1 Å². The van der Waals surface area contributed by atoms with Crippen LogP contribution in [0.3, 0.4) is 0 Å². The molecule has 2 rings (SSSR count). The van der Waals surface area contributed by atoms with E-state index in [2.05, 4.69) is 4.72 Å². The first kappa shape index (κ1) is 10.5. The Morgan fingerprint density at radius 1 is 1.27 bits per heavy atom. The van der Waals surface area contributed by atoms with Gasteiger partial charge in [-0.25, -0.2) is 4.39 Å². The summed E-state index contributed by atoms with van der Waals surface area (Å²) in [5, 5.41) is 0. The normalized spacial score (nSPS) is 16.6. The van der Waals surface area contributed by atoms with Gasteiger partial charge in [0.1, 0.15) is 5.82 Å². The van der Waals surface area contributed by atoms with Crippen LogP contribution < -0.4 is 4.72 Å². The SMILES string of the molecule is O=S(=O)(NCc1ccc(F)cc1)N1CC1. The summed E-state index contributed by atoms with van der Waals surface area (Å²) in [5.74, 6) is -0.326. The van der Waals surface area contributed by atoms with Gasteiger partial charge in [0.2, 0.25) is 0 Å². The lowest BCUT2D eigenvalue weighted by molar-refractivity contribution is 0.546. The largest absolute Gasteiger partial charge is 0.279 e. The highest BCUT2D eigenvalue weighted by Gasteiger charge is 2.31. The van der Waals surface area contributed by atoms with Gasteiger partial charge in [-0.05, 0) is 17.7 Å². The Morgan fingerprint density at radius 2 is 1.87 bits per heavy atom. The molecule has 82 valence electrons. The van der Waals surface area contributed by atoms with Crippen molar-refractivity contribution in [2.45, 2.75) is 6.54 Å². The second-order valence-corrected chi connectivity index (χ2v) is 5.11. The molecule has 1 aromatic carbocycles. The van der Waals surface area contributed by atoms with E-state index in [0.717, 1.165) is 5.56 Å². The van der Waals surface area contributed by atoms with E-state index in [0.29, 0.717) is 13.1 Å². The van der Waals surface area contributed by atoms with Crippen molar-refractivity contribution in [3.63, 3.8) is 0 Å². The maximum Gasteiger partial charge on any atom is 0.279 e. The predicted molar refractivity (Wildman–Crippen MR) is 53.7 cm³/mol. The Hall–Kier alpha value is -0.980. The Kier molecular flexibility index (Phi) is 2.72. The number of benzene rings is 1. The highest BCUT2D eigenvalue weighted by atomic mass is 32.2. The molecule has 1 heterocycles. The second-order valence-electron chi connectivity index (χ2n) is 3.35. The fraction of sp³-hybridized carbons (Fsp3) is 0.333. The maximum absolute atomic E-state index is 12.6. The Morgan fingerprint density at radius 3 is 2.40 bits per heavy atom. The minimum atomic E-state index is -3.31. The van der Waals surface area contributed by atoms with Crippen molar-refractivity contribution in [2.24, 2.45) is 0 Å². The monoisotopic (exact) mass is 230 g/mol. The van der Waals surface area contributed by atoms with E-state index in [4.69, 9.17) is 0 Å². The average molecular weight is 230 g/mol. The fourth-order valence-electron chi connectivity index (χ4n) is 1.15. The van der Waals surface area contributed by atoms with Gasteiger partial charge in [0, 0.05) is 19.6 Å². The maximum atomic E-state index is 12.6. The number of rotatable bonds is 4. The molecular weight excluding hydrogens is 219 g/mol. The number of hydrogen-bond donors (Lipinski definition) is 1. The van der Waals surface area contributed by atoms with E-state index in [1.165, 1.54) is 16.4 Å². The summed E-state index contributed by atoms with van der Waals surface area (Å²) >= 11 is 0. The number of hydrogen-bond acceptors (Lipinski definition) is 2. The van der Waals surface area contributed by atoms with Gasteiger partial charge in [0.25, 0.3) is 10.2 Å². The van der Waals surface area contributed by atoms with Crippen LogP contribution >= 0.6 is 0 Å². The van der Waals surface area contributed by atoms with Crippen LogP contribution in [0.1, 0.15) is 5.56 Å². The van der Waals surface area contributed by atoms with Gasteiger partial charge in [0.15, 0.2) is 0 Å². The number of nitrogens with one attached hydrogen (secondary N) is 1. The molecule has 1 N–H and O–H groups in total. The average Bonchev–Trinajstić information content (AvgIpc) is 3.00. The summed E-state index contributed by atoms with van der Waals surface area (Å²) in [6.07, 6.45) is 0. The van der Waals surface area contributed by atoms with Gasteiger partial charge in [-0.3, -0.25) is 0 Å². The van der Waals surface area contributed by atoms with Crippen LogP contribution in [0.25, 0.3) is 0 Å². The Bertz CT molecular complexity index is 440. The van der Waals surface area contributed by atoms with E-state index in [9.17, 15) is 12.8 Å². The van der Waals surface area contributed by atoms with E-state index >= 15 is 0 Å². The highest BCUT2D eigenvalue weighted by Crippen LogP contribution is 2.10. The molecule has 0 aromatic heterocycles. The highest BCUT2D eigenvalue weighted by molar-refractivity contribution is 7.87. The molecule has 0 unspecified atom stereocenters. The molecule has 1 fully saturated rings. The second kappa shape index (κ2) is 3.88. The van der Waals surface area contributed by atoms with Crippen LogP contribution in [0.4, 0.5) is 4.39 Å². The quantitative estimate of drug-likeness (QED) is 0.765. The molecule has 0 bridgehead atoms. The molecular formula is C9H11FN2O2S. The van der Waals surface area contributed by atoms with Crippen LogP contribution in [0, 0.1) is 5.82 Å². The minimum Gasteiger partial charge on any atom is -0.207 e. The summed E-state index contributed by atoms with van der Waals surface area (Å²) in [7, 11) is -3.31. The third-order valence-corrected chi connectivity index (χ3v) is 3.67. The van der Waals surface area contributed by atoms with E-state index in [1.807, 2.05) is 0 Å². The van der Waals surface area contributed by atoms with Gasteiger partial charge in [-0.15, -0.1) is 0 Å². The molecule has 0 amide bonds. The molecule has 4 nitrogen and oxygen atoms in total. The zero-order valence-electron chi connectivity index (χ0n) is 7.98. The molecule has 6 heteroatoms. The van der Waals surface area contributed by atoms with Gasteiger partial charge in [-0.1, -0.05) is 12.1 Å². The lowest BCUT2D eigenvalue weighted by Gasteiger charge is -2.06. The van der Waals surface area contributed by atoms with Crippen LogP contribution in [0.5, 0.6) is 0 Å². The van der Waals surface area contributed by atoms with Crippen molar-refractivity contribution in [3.8, 4) is 0 Å². The zero-order valence-corrected chi connectivity index (χ0v) is 8.80. The smallest absolute Gasteiger partial charge is 0.207 e. The van der Waals surface area contributed by atoms with Crippen LogP contribution in [0.15, 0.2) is 24.3 Å². The van der Waals surface area contributed by atoms with E-state index < -0.39 is 10.2 Å². The molecule has 15 heavy (non-hydrogen) atoms. The molecule has 0 spiro atoms. The minimum absolute atomic E-state index is 0.194. The first-order valence-corrected chi connectivity index (χ1v) is 6.01. The molecule has 0 atom stereocenters. The van der Waals surface area contributed by atoms with Crippen molar-refractivity contribution >= 4 is 10.2 Å². The summed E-state index contributed by atoms with van der Waals surface area (Å²) in [4.78, 5) is 0. The third kappa shape index (κ3) is 2.74. The third-order valence-electron chi connectivity index (χ3n) is 2.12. The van der Waals surface area contributed by atoms with Crippen molar-refractivity contribution in [1.29, 1.82) is 0 Å². The van der Waals surface area contributed by atoms with Gasteiger partial charge < -0.3 is 0 Å². The van der Waals surface area contributed by atoms with Gasteiger partial charge >= 0.3 is 0 Å². The summed E-state index contributed by atoms with van der Waals surface area (Å²) < 4.78 is 39.1. The predicted octanol–water partition coefficient (Wildman–Crippen LogP) is 0.476. The van der Waals surface area contributed by atoms with Crippen molar-refractivity contribution < 1.29 is 12.8 Å². The molecule has 1 aromatic rings. The van der Waals surface area contributed by atoms with Crippen LogP contribution in [-0.2, 0) is 16.8 Å². The van der Waals surface area contributed by atoms with E-state index in [-0.39, 0.29) is 12.4 Å². The van der Waals surface area contributed by atoms with Crippen molar-refractivity contribution in [3.05, 3.63) is 35.6 Å². The number of halogens is 1. The Labute approximate surface area is 87.9 Å². The van der Waals surface area contributed by atoms with Gasteiger partial charge in [0.05, 0.1) is 0 Å². The van der Waals surface area contributed by atoms with Crippen molar-refractivity contribution in [2.75, 3.05) is 13.1 Å². The van der Waals surface area contributed by atoms with Gasteiger partial charge in [-0.2, -0.15) is 17.4 Å². The fourth-order valence-corrected chi connectivity index (χ4v) is 2.24. The zero-order chi connectivity index (χ0) is 10.9. The lowest BCUT2D eigenvalue weighted by atomic mass is 10.2.